The Morgan fingerprint density at radius 2 is 1.42 bits per heavy atom. The molecule has 2 aromatic carbocycles. The Kier molecular flexibility index (Phi) is 8.88. The summed E-state index contributed by atoms with van der Waals surface area (Å²) in [6.07, 6.45) is 0. The number of nitrogens with two attached hydrogens (primary N) is 2. The molecule has 0 saturated heterocycles. The minimum Gasteiger partial charge on any atom is -0.533 e. The number of phenolic OH excluding ortho intramolecular Hbond substituents is 2. The molecule has 0 aliphatic heterocycles. The molecule has 4 nitrogen and oxygen atoms in total. The van der Waals surface area contributed by atoms with E-state index in [1.807, 2.05) is 0 Å². The number of phenols is 2. The van der Waals surface area contributed by atoms with Crippen molar-refractivity contribution in [2.24, 2.45) is 11.5 Å². The zero-order valence-electron chi connectivity index (χ0n) is 10.3. The van der Waals surface area contributed by atoms with Gasteiger partial charge in [-0.1, -0.05) is 12.1 Å². The van der Waals surface area contributed by atoms with Crippen LogP contribution in [0.2, 0.25) is 0 Å². The summed E-state index contributed by atoms with van der Waals surface area (Å²) in [5.41, 5.74) is 11.9. The normalized spacial score (nSPS) is 10.6. The predicted molar refractivity (Wildman–Crippen MR) is 71.0 cm³/mol. The van der Waals surface area contributed by atoms with Crippen LogP contribution in [0.3, 0.4) is 0 Å². The van der Waals surface area contributed by atoms with E-state index in [0.717, 1.165) is 5.56 Å². The maximum absolute atomic E-state index is 8.94. The van der Waals surface area contributed by atoms with Gasteiger partial charge in [-0.05, 0) is 17.7 Å². The summed E-state index contributed by atoms with van der Waals surface area (Å²) >= 11 is 0. The summed E-state index contributed by atoms with van der Waals surface area (Å²) in [7, 11) is 0. The summed E-state index contributed by atoms with van der Waals surface area (Å²) in [6.45, 7) is 0.421. The molecule has 0 saturated carbocycles. The van der Waals surface area contributed by atoms with Crippen molar-refractivity contribution in [3.05, 3.63) is 60.2 Å². The monoisotopic (exact) mass is 440 g/mol. The van der Waals surface area contributed by atoms with E-state index in [1.165, 1.54) is 0 Å². The number of rotatable bonds is 2. The van der Waals surface area contributed by atoms with Crippen LogP contribution < -0.4 is 11.5 Å². The summed E-state index contributed by atoms with van der Waals surface area (Å²) in [5, 5.41) is 17.6. The molecule has 106 valence electrons. The minimum absolute atomic E-state index is 0. The Morgan fingerprint density at radius 1 is 0.947 bits per heavy atom. The van der Waals surface area contributed by atoms with Gasteiger partial charge in [0.1, 0.15) is 5.75 Å². The molecule has 0 amide bonds. The number of benzene rings is 2. The maximum Gasteiger partial charge on any atom is 0.115 e. The van der Waals surface area contributed by atoms with Crippen LogP contribution in [0.4, 0.5) is 0 Å². The molecular formula is C14H17N2O2Pt-. The molecule has 0 fully saturated rings. The van der Waals surface area contributed by atoms with Crippen molar-refractivity contribution in [3.63, 3.8) is 0 Å². The number of hydrogen-bond donors (Lipinski definition) is 4. The molecule has 0 spiro atoms. The first-order valence-electron chi connectivity index (χ1n) is 5.53. The third-order valence-electron chi connectivity index (χ3n) is 2.28. The zero-order valence-corrected chi connectivity index (χ0v) is 12.5. The van der Waals surface area contributed by atoms with Gasteiger partial charge in [-0.15, -0.1) is 12.1 Å². The topological polar surface area (TPSA) is 92.5 Å². The molecular weight excluding hydrogens is 423 g/mol. The molecule has 0 aromatic heterocycles. The third-order valence-corrected chi connectivity index (χ3v) is 2.28. The zero-order chi connectivity index (χ0) is 13.4. The Labute approximate surface area is 127 Å². The Morgan fingerprint density at radius 3 is 1.79 bits per heavy atom. The van der Waals surface area contributed by atoms with Gasteiger partial charge < -0.3 is 21.7 Å². The fourth-order valence-electron chi connectivity index (χ4n) is 1.24. The quantitative estimate of drug-likeness (QED) is 0.534. The standard InChI is InChI=1S/C8H12N2O.C6H5O.Pt/c9-5-8(10)6-1-3-7(11)4-2-6;7-6-4-2-1-3-5-6;/h1-4,8,11H,5,9-10H2;2-5,7H;/q;-1;. The molecule has 0 heterocycles. The van der Waals surface area contributed by atoms with Crippen molar-refractivity contribution >= 4 is 0 Å². The van der Waals surface area contributed by atoms with Gasteiger partial charge in [0.2, 0.25) is 0 Å². The van der Waals surface area contributed by atoms with Gasteiger partial charge in [0, 0.05) is 39.4 Å². The van der Waals surface area contributed by atoms with E-state index in [4.69, 9.17) is 21.7 Å². The van der Waals surface area contributed by atoms with Crippen LogP contribution in [0.25, 0.3) is 0 Å². The molecule has 1 unspecified atom stereocenters. The predicted octanol–water partition coefficient (Wildman–Crippen LogP) is 1.54. The maximum atomic E-state index is 8.94. The van der Waals surface area contributed by atoms with Gasteiger partial charge in [-0.3, -0.25) is 0 Å². The molecule has 0 radical (unpaired) electrons. The van der Waals surface area contributed by atoms with Crippen LogP contribution in [-0.4, -0.2) is 16.8 Å². The van der Waals surface area contributed by atoms with Crippen molar-refractivity contribution in [1.82, 2.24) is 0 Å². The molecule has 2 rings (SSSR count). The molecule has 0 aliphatic rings. The molecule has 0 aliphatic carbocycles. The Balaban J connectivity index is 0.000000352. The number of hydrogen-bond acceptors (Lipinski definition) is 4. The second-order valence-electron chi connectivity index (χ2n) is 3.69. The first-order chi connectivity index (χ1) is 8.63. The minimum atomic E-state index is -0.129. The summed E-state index contributed by atoms with van der Waals surface area (Å²) in [5.74, 6) is 0.539. The number of aromatic hydroxyl groups is 2. The van der Waals surface area contributed by atoms with E-state index in [9.17, 15) is 0 Å². The fraction of sp³-hybridized carbons (Fsp3) is 0.143. The smallest absolute Gasteiger partial charge is 0.115 e. The van der Waals surface area contributed by atoms with Crippen LogP contribution in [0.15, 0.2) is 48.5 Å². The molecule has 5 heteroatoms. The molecule has 0 bridgehead atoms. The van der Waals surface area contributed by atoms with Crippen molar-refractivity contribution in [2.75, 3.05) is 6.54 Å². The van der Waals surface area contributed by atoms with E-state index >= 15 is 0 Å². The fourth-order valence-corrected chi connectivity index (χ4v) is 1.24. The first-order valence-corrected chi connectivity index (χ1v) is 5.53. The van der Waals surface area contributed by atoms with Crippen LogP contribution in [0.1, 0.15) is 11.6 Å². The van der Waals surface area contributed by atoms with Gasteiger partial charge >= 0.3 is 0 Å². The van der Waals surface area contributed by atoms with Crippen LogP contribution in [0.5, 0.6) is 11.5 Å². The van der Waals surface area contributed by atoms with Crippen LogP contribution >= 0.6 is 0 Å². The third kappa shape index (κ3) is 6.96. The second kappa shape index (κ2) is 9.56. The van der Waals surface area contributed by atoms with Crippen molar-refractivity contribution < 1.29 is 31.3 Å². The second-order valence-corrected chi connectivity index (χ2v) is 3.69. The molecule has 19 heavy (non-hydrogen) atoms. The SMILES string of the molecule is NCC(N)c1ccc(O)cc1.Oc1cc[c-]cc1.[Pt]. The van der Waals surface area contributed by atoms with E-state index in [2.05, 4.69) is 6.07 Å². The van der Waals surface area contributed by atoms with Crippen molar-refractivity contribution in [3.8, 4) is 11.5 Å². The van der Waals surface area contributed by atoms with Gasteiger partial charge in [0.05, 0.1) is 0 Å². The first kappa shape index (κ1) is 17.6. The van der Waals surface area contributed by atoms with Crippen LogP contribution in [0, 0.1) is 6.07 Å². The van der Waals surface area contributed by atoms with Gasteiger partial charge in [-0.25, -0.2) is 0 Å². The van der Waals surface area contributed by atoms with Crippen molar-refractivity contribution in [1.29, 1.82) is 0 Å². The van der Waals surface area contributed by atoms with Gasteiger partial charge in [0.15, 0.2) is 0 Å². The van der Waals surface area contributed by atoms with E-state index in [0.29, 0.717) is 12.3 Å². The molecule has 1 atom stereocenters. The van der Waals surface area contributed by atoms with Gasteiger partial charge in [-0.2, -0.15) is 18.2 Å². The van der Waals surface area contributed by atoms with Crippen LogP contribution in [-0.2, 0) is 21.1 Å². The largest absolute Gasteiger partial charge is 0.533 e. The van der Waals surface area contributed by atoms with Gasteiger partial charge in [0.25, 0.3) is 0 Å². The average molecular weight is 440 g/mol. The summed E-state index contributed by atoms with van der Waals surface area (Å²) < 4.78 is 0. The Hall–Kier alpha value is -1.35. The molecule has 2 aromatic rings. The van der Waals surface area contributed by atoms with E-state index in [-0.39, 0.29) is 32.9 Å². The molecule has 6 N–H and O–H groups in total. The summed E-state index contributed by atoms with van der Waals surface area (Å²) in [6, 6.07) is 15.9. The van der Waals surface area contributed by atoms with E-state index < -0.39 is 0 Å². The Bertz CT molecular complexity index is 449. The van der Waals surface area contributed by atoms with Crippen molar-refractivity contribution in [2.45, 2.75) is 6.04 Å². The van der Waals surface area contributed by atoms with E-state index in [1.54, 1.807) is 48.5 Å². The average Bonchev–Trinajstić information content (AvgIpc) is 2.40. The summed E-state index contributed by atoms with van der Waals surface area (Å²) in [4.78, 5) is 0.